The number of nitrogens with two attached hydrogens (primary N) is 1. The molecule has 2 amide bonds. The summed E-state index contributed by atoms with van der Waals surface area (Å²) in [6.07, 6.45) is 2.09. The third-order valence-electron chi connectivity index (χ3n) is 4.11. The number of amides is 2. The van der Waals surface area contributed by atoms with Gasteiger partial charge in [-0.3, -0.25) is 9.59 Å². The first-order valence-electron chi connectivity index (χ1n) is 7.05. The van der Waals surface area contributed by atoms with Crippen molar-refractivity contribution in [3.63, 3.8) is 0 Å². The summed E-state index contributed by atoms with van der Waals surface area (Å²) in [4.78, 5) is 28.1. The van der Waals surface area contributed by atoms with Crippen LogP contribution in [0.3, 0.4) is 0 Å². The Morgan fingerprint density at radius 3 is 2.82 bits per heavy atom. The Morgan fingerprint density at radius 2 is 2.14 bits per heavy atom. The smallest absolute Gasteiger partial charge is 0.270 e. The summed E-state index contributed by atoms with van der Waals surface area (Å²) in [6, 6.07) is 5.89. The second-order valence-corrected chi connectivity index (χ2v) is 5.43. The molecule has 1 atom stereocenters. The van der Waals surface area contributed by atoms with Gasteiger partial charge in [0, 0.05) is 12.7 Å². The van der Waals surface area contributed by atoms with E-state index in [1.54, 1.807) is 11.0 Å². The predicted molar refractivity (Wildman–Crippen MR) is 78.9 cm³/mol. The molecule has 114 valence electrons. The van der Waals surface area contributed by atoms with E-state index in [-0.39, 0.29) is 23.3 Å². The molecule has 0 radical (unpaired) electrons. The van der Waals surface area contributed by atoms with Crippen molar-refractivity contribution >= 4 is 11.8 Å². The zero-order chi connectivity index (χ0) is 15.9. The lowest BCUT2D eigenvalue weighted by Crippen LogP contribution is -2.39. The molecule has 0 spiro atoms. The van der Waals surface area contributed by atoms with Crippen LogP contribution in [0, 0.1) is 5.82 Å². The highest BCUT2D eigenvalue weighted by Crippen LogP contribution is 2.31. The number of aromatic amines is 1. The highest BCUT2D eigenvalue weighted by Gasteiger charge is 2.29. The number of nitrogens with one attached hydrogen (secondary N) is 1. The van der Waals surface area contributed by atoms with Crippen molar-refractivity contribution in [2.24, 2.45) is 5.73 Å². The largest absolute Gasteiger partial charge is 0.366 e. The monoisotopic (exact) mass is 301 g/mol. The van der Waals surface area contributed by atoms with Gasteiger partial charge in [0.15, 0.2) is 0 Å². The number of hydrogen-bond acceptors (Lipinski definition) is 2. The number of primary amides is 1. The molecule has 0 saturated carbocycles. The highest BCUT2D eigenvalue weighted by molar-refractivity contribution is 5.98. The van der Waals surface area contributed by atoms with E-state index in [4.69, 9.17) is 5.73 Å². The fourth-order valence-electron chi connectivity index (χ4n) is 2.88. The van der Waals surface area contributed by atoms with E-state index in [1.165, 1.54) is 24.4 Å². The number of H-pyrrole nitrogens is 1. The normalized spacial score (nSPS) is 17.2. The molecule has 0 bridgehead atoms. The molecule has 6 heteroatoms. The number of halogens is 1. The minimum atomic E-state index is -0.589. The molecule has 1 aromatic heterocycles. The van der Waals surface area contributed by atoms with Gasteiger partial charge in [0.2, 0.25) is 5.91 Å². The molecule has 1 aliphatic heterocycles. The van der Waals surface area contributed by atoms with E-state index < -0.39 is 5.91 Å². The number of carbonyl (C=O) groups is 2. The predicted octanol–water partition coefficient (Wildman–Crippen LogP) is 2.01. The molecule has 0 aliphatic carbocycles. The topological polar surface area (TPSA) is 79.2 Å². The van der Waals surface area contributed by atoms with Crippen LogP contribution in [0.25, 0.3) is 0 Å². The fraction of sp³-hybridized carbons (Fsp3) is 0.250. The minimum absolute atomic E-state index is 0.227. The Balaban J connectivity index is 1.89. The summed E-state index contributed by atoms with van der Waals surface area (Å²) in [7, 11) is 0. The van der Waals surface area contributed by atoms with Gasteiger partial charge in [-0.05, 0) is 42.7 Å². The first kappa shape index (κ1) is 14.3. The van der Waals surface area contributed by atoms with Crippen LogP contribution in [0.2, 0.25) is 0 Å². The lowest BCUT2D eigenvalue weighted by Gasteiger charge is -2.35. The lowest BCUT2D eigenvalue weighted by molar-refractivity contribution is 0.0672. The molecule has 22 heavy (non-hydrogen) atoms. The zero-order valence-corrected chi connectivity index (χ0v) is 12.1. The summed E-state index contributed by atoms with van der Waals surface area (Å²) in [5, 5.41) is 0. The van der Waals surface area contributed by atoms with E-state index in [9.17, 15) is 14.0 Å². The average Bonchev–Trinajstić information content (AvgIpc) is 2.98. The SMILES string of the molecule is C[C@H]1c2cc(F)ccc2CCN1C(=O)c1cc(C(N)=O)c[nH]1. The number of carbonyl (C=O) groups excluding carboxylic acids is 2. The summed E-state index contributed by atoms with van der Waals surface area (Å²) in [5.41, 5.74) is 7.64. The Bertz CT molecular complexity index is 754. The molecule has 1 aliphatic rings. The lowest BCUT2D eigenvalue weighted by atomic mass is 9.93. The van der Waals surface area contributed by atoms with Gasteiger partial charge in [0.1, 0.15) is 11.5 Å². The number of fused-ring (bicyclic) bond motifs is 1. The molecule has 3 N–H and O–H groups in total. The second-order valence-electron chi connectivity index (χ2n) is 5.43. The summed E-state index contributed by atoms with van der Waals surface area (Å²) < 4.78 is 13.5. The zero-order valence-electron chi connectivity index (χ0n) is 12.1. The molecular formula is C16H16FN3O2. The highest BCUT2D eigenvalue weighted by atomic mass is 19.1. The Morgan fingerprint density at radius 1 is 1.36 bits per heavy atom. The number of rotatable bonds is 2. The van der Waals surface area contributed by atoms with Crippen molar-refractivity contribution in [1.29, 1.82) is 0 Å². The number of aromatic nitrogens is 1. The van der Waals surface area contributed by atoms with Gasteiger partial charge in [-0.15, -0.1) is 0 Å². The average molecular weight is 301 g/mol. The number of hydrogen-bond donors (Lipinski definition) is 2. The molecular weight excluding hydrogens is 285 g/mol. The van der Waals surface area contributed by atoms with Crippen LogP contribution < -0.4 is 5.73 Å². The molecule has 5 nitrogen and oxygen atoms in total. The van der Waals surface area contributed by atoms with Crippen molar-refractivity contribution in [2.45, 2.75) is 19.4 Å². The first-order chi connectivity index (χ1) is 10.5. The molecule has 3 rings (SSSR count). The van der Waals surface area contributed by atoms with Crippen LogP contribution in [0.1, 0.15) is 44.9 Å². The fourth-order valence-corrected chi connectivity index (χ4v) is 2.88. The van der Waals surface area contributed by atoms with Crippen LogP contribution in [0.4, 0.5) is 4.39 Å². The summed E-state index contributed by atoms with van der Waals surface area (Å²) in [6.45, 7) is 2.41. The standard InChI is InChI=1S/C16H16FN3O2/c1-9-13-7-12(17)3-2-10(13)4-5-20(9)16(22)14-6-11(8-19-14)15(18)21/h2-3,6-9,19H,4-5H2,1H3,(H2,18,21)/t9-/m0/s1. The maximum Gasteiger partial charge on any atom is 0.270 e. The van der Waals surface area contributed by atoms with Gasteiger partial charge in [-0.2, -0.15) is 0 Å². The van der Waals surface area contributed by atoms with Gasteiger partial charge in [0.25, 0.3) is 5.91 Å². The second kappa shape index (κ2) is 5.29. The van der Waals surface area contributed by atoms with E-state index in [0.29, 0.717) is 18.7 Å². The Kier molecular flexibility index (Phi) is 3.44. The van der Waals surface area contributed by atoms with Gasteiger partial charge in [-0.25, -0.2) is 4.39 Å². The van der Waals surface area contributed by atoms with Crippen molar-refractivity contribution < 1.29 is 14.0 Å². The maximum absolute atomic E-state index is 13.5. The van der Waals surface area contributed by atoms with Crippen LogP contribution in [0.15, 0.2) is 30.5 Å². The molecule has 0 fully saturated rings. The van der Waals surface area contributed by atoms with Crippen LogP contribution in [0.5, 0.6) is 0 Å². The Labute approximate surface area is 126 Å². The molecule has 2 heterocycles. The van der Waals surface area contributed by atoms with Gasteiger partial charge in [0.05, 0.1) is 11.6 Å². The van der Waals surface area contributed by atoms with E-state index in [2.05, 4.69) is 4.98 Å². The van der Waals surface area contributed by atoms with Crippen molar-refractivity contribution in [2.75, 3.05) is 6.54 Å². The quantitative estimate of drug-likeness (QED) is 0.890. The van der Waals surface area contributed by atoms with Crippen molar-refractivity contribution in [3.05, 3.63) is 58.7 Å². The Hall–Kier alpha value is -2.63. The van der Waals surface area contributed by atoms with E-state index >= 15 is 0 Å². The van der Waals surface area contributed by atoms with E-state index in [0.717, 1.165) is 11.1 Å². The van der Waals surface area contributed by atoms with Crippen molar-refractivity contribution in [3.8, 4) is 0 Å². The maximum atomic E-state index is 13.5. The van der Waals surface area contributed by atoms with Gasteiger partial charge < -0.3 is 15.6 Å². The van der Waals surface area contributed by atoms with E-state index in [1.807, 2.05) is 6.92 Å². The molecule has 0 unspecified atom stereocenters. The molecule has 2 aromatic rings. The first-order valence-corrected chi connectivity index (χ1v) is 7.05. The van der Waals surface area contributed by atoms with Gasteiger partial charge >= 0.3 is 0 Å². The molecule has 1 aromatic carbocycles. The summed E-state index contributed by atoms with van der Waals surface area (Å²) in [5.74, 6) is -1.12. The summed E-state index contributed by atoms with van der Waals surface area (Å²) >= 11 is 0. The van der Waals surface area contributed by atoms with Crippen LogP contribution in [-0.2, 0) is 6.42 Å². The third-order valence-corrected chi connectivity index (χ3v) is 4.11. The van der Waals surface area contributed by atoms with Crippen LogP contribution >= 0.6 is 0 Å². The molecule has 0 saturated heterocycles. The van der Waals surface area contributed by atoms with Crippen LogP contribution in [-0.4, -0.2) is 28.2 Å². The number of nitrogens with zero attached hydrogens (tertiary/aromatic N) is 1. The third kappa shape index (κ3) is 2.36. The van der Waals surface area contributed by atoms with Gasteiger partial charge in [-0.1, -0.05) is 6.07 Å². The minimum Gasteiger partial charge on any atom is -0.366 e. The van der Waals surface area contributed by atoms with Crippen molar-refractivity contribution in [1.82, 2.24) is 9.88 Å². The number of benzene rings is 1.